The van der Waals surface area contributed by atoms with Crippen molar-refractivity contribution in [3.8, 4) is 5.88 Å². The lowest BCUT2D eigenvalue weighted by Gasteiger charge is -2.12. The van der Waals surface area contributed by atoms with Crippen LogP contribution in [0.4, 0.5) is 8.78 Å². The molecule has 0 saturated heterocycles. The highest BCUT2D eigenvalue weighted by atomic mass is 79.9. The summed E-state index contributed by atoms with van der Waals surface area (Å²) in [7, 11) is 1.27. The fraction of sp³-hybridized carbons (Fsp3) is 0.444. The first-order valence-electron chi connectivity index (χ1n) is 4.15. The van der Waals surface area contributed by atoms with Crippen molar-refractivity contribution in [1.82, 2.24) is 4.98 Å². The number of alkyl halides is 3. The average Bonchev–Trinajstić information content (AvgIpc) is 2.26. The van der Waals surface area contributed by atoms with Gasteiger partial charge in [-0.15, -0.1) is 0 Å². The van der Waals surface area contributed by atoms with E-state index in [9.17, 15) is 8.78 Å². The van der Waals surface area contributed by atoms with Crippen LogP contribution in [0.25, 0.3) is 0 Å². The van der Waals surface area contributed by atoms with Gasteiger partial charge < -0.3 is 9.84 Å². The predicted octanol–water partition coefficient (Wildman–Crippen LogP) is 2.42. The fourth-order valence-electron chi connectivity index (χ4n) is 1.22. The number of halogens is 3. The summed E-state index contributed by atoms with van der Waals surface area (Å²) in [5, 5.41) is 9.15. The van der Waals surface area contributed by atoms with Crippen LogP contribution in [0.5, 0.6) is 5.88 Å². The van der Waals surface area contributed by atoms with Crippen molar-refractivity contribution in [2.24, 2.45) is 0 Å². The molecule has 0 atom stereocenters. The van der Waals surface area contributed by atoms with Crippen LogP contribution < -0.4 is 4.74 Å². The van der Waals surface area contributed by atoms with E-state index in [0.29, 0.717) is 11.3 Å². The Morgan fingerprint density at radius 3 is 2.67 bits per heavy atom. The normalized spacial score (nSPS) is 10.8. The number of ether oxygens (including phenoxy) is 1. The number of methoxy groups -OCH3 is 1. The van der Waals surface area contributed by atoms with E-state index in [4.69, 9.17) is 9.84 Å². The first-order chi connectivity index (χ1) is 7.13. The highest BCUT2D eigenvalue weighted by Crippen LogP contribution is 2.32. The molecule has 0 aliphatic rings. The lowest BCUT2D eigenvalue weighted by molar-refractivity contribution is 0.144. The van der Waals surface area contributed by atoms with Crippen LogP contribution in [0.15, 0.2) is 6.07 Å². The molecule has 1 aromatic heterocycles. The third kappa shape index (κ3) is 2.63. The van der Waals surface area contributed by atoms with E-state index in [1.54, 1.807) is 0 Å². The second-order valence-corrected chi connectivity index (χ2v) is 3.35. The summed E-state index contributed by atoms with van der Waals surface area (Å²) < 4.78 is 30.2. The Hall–Kier alpha value is -0.750. The third-order valence-electron chi connectivity index (χ3n) is 1.88. The van der Waals surface area contributed by atoms with Crippen molar-refractivity contribution in [1.29, 1.82) is 0 Å². The van der Waals surface area contributed by atoms with E-state index < -0.39 is 6.43 Å². The smallest absolute Gasteiger partial charge is 0.269 e. The van der Waals surface area contributed by atoms with Gasteiger partial charge in [-0.05, 0) is 11.6 Å². The predicted molar refractivity (Wildman–Crippen MR) is 54.3 cm³/mol. The largest absolute Gasteiger partial charge is 0.481 e. The summed E-state index contributed by atoms with van der Waals surface area (Å²) in [4.78, 5) is 3.77. The van der Waals surface area contributed by atoms with Gasteiger partial charge in [0.2, 0.25) is 5.88 Å². The molecule has 15 heavy (non-hydrogen) atoms. The van der Waals surface area contributed by atoms with Crippen LogP contribution in [0.2, 0.25) is 0 Å². The van der Waals surface area contributed by atoms with E-state index in [-0.39, 0.29) is 23.4 Å². The number of rotatable bonds is 4. The second kappa shape index (κ2) is 5.37. The summed E-state index contributed by atoms with van der Waals surface area (Å²) in [6.45, 7) is -0.306. The number of hydrogen-bond acceptors (Lipinski definition) is 3. The summed E-state index contributed by atoms with van der Waals surface area (Å²) >= 11 is 3.11. The zero-order chi connectivity index (χ0) is 11.4. The van der Waals surface area contributed by atoms with Gasteiger partial charge in [0, 0.05) is 5.33 Å². The molecule has 0 fully saturated rings. The third-order valence-corrected chi connectivity index (χ3v) is 2.48. The van der Waals surface area contributed by atoms with Gasteiger partial charge in [-0.25, -0.2) is 13.8 Å². The number of aromatic nitrogens is 1. The molecule has 6 heteroatoms. The van der Waals surface area contributed by atoms with Gasteiger partial charge in [-0.1, -0.05) is 15.9 Å². The standard InChI is InChI=1S/C9H10BrF2NO2/c1-15-9-7(8(11)12)5(3-10)2-6(4-14)13-9/h2,8,14H,3-4H2,1H3. The number of pyridine rings is 1. The first-order valence-corrected chi connectivity index (χ1v) is 5.27. The molecule has 3 nitrogen and oxygen atoms in total. The highest BCUT2D eigenvalue weighted by molar-refractivity contribution is 9.08. The molecular weight excluding hydrogens is 272 g/mol. The minimum atomic E-state index is -2.65. The van der Waals surface area contributed by atoms with Crippen LogP contribution in [0.1, 0.15) is 23.2 Å². The summed E-state index contributed by atoms with van der Waals surface area (Å²) in [6.07, 6.45) is -2.65. The van der Waals surface area contributed by atoms with Crippen LogP contribution in [-0.4, -0.2) is 17.2 Å². The first kappa shape index (κ1) is 12.3. The molecule has 1 heterocycles. The number of hydrogen-bond donors (Lipinski definition) is 1. The van der Waals surface area contributed by atoms with Gasteiger partial charge in [0.1, 0.15) is 0 Å². The Bertz CT molecular complexity index is 322. The van der Waals surface area contributed by atoms with Gasteiger partial charge in [-0.3, -0.25) is 0 Å². The summed E-state index contributed by atoms with van der Waals surface area (Å²) in [5.41, 5.74) is 0.457. The molecule has 84 valence electrons. The minimum Gasteiger partial charge on any atom is -0.481 e. The molecule has 0 radical (unpaired) electrons. The van der Waals surface area contributed by atoms with Crippen molar-refractivity contribution in [3.63, 3.8) is 0 Å². The van der Waals surface area contributed by atoms with Crippen LogP contribution >= 0.6 is 15.9 Å². The van der Waals surface area contributed by atoms with E-state index in [2.05, 4.69) is 20.9 Å². The van der Waals surface area contributed by atoms with Gasteiger partial charge in [-0.2, -0.15) is 0 Å². The van der Waals surface area contributed by atoms with Gasteiger partial charge in [0.05, 0.1) is 25.0 Å². The average molecular weight is 282 g/mol. The topological polar surface area (TPSA) is 42.4 Å². The molecule has 1 N–H and O–H groups in total. The molecule has 0 saturated carbocycles. The van der Waals surface area contributed by atoms with Crippen molar-refractivity contribution in [3.05, 3.63) is 22.9 Å². The van der Waals surface area contributed by atoms with Crippen LogP contribution in [0, 0.1) is 0 Å². The van der Waals surface area contributed by atoms with Crippen molar-refractivity contribution in [2.75, 3.05) is 7.11 Å². The second-order valence-electron chi connectivity index (χ2n) is 2.79. The quantitative estimate of drug-likeness (QED) is 0.862. The number of nitrogens with zero attached hydrogens (tertiary/aromatic N) is 1. The Morgan fingerprint density at radius 1 is 1.60 bits per heavy atom. The maximum Gasteiger partial charge on any atom is 0.269 e. The Morgan fingerprint density at radius 2 is 2.27 bits per heavy atom. The number of aliphatic hydroxyl groups excluding tert-OH is 1. The van der Waals surface area contributed by atoms with Gasteiger partial charge in [0.15, 0.2) is 0 Å². The fourth-order valence-corrected chi connectivity index (χ4v) is 1.68. The Labute approximate surface area is 94.2 Å². The Balaban J connectivity index is 3.32. The molecule has 0 aliphatic carbocycles. The minimum absolute atomic E-state index is 0.133. The number of aliphatic hydroxyl groups is 1. The zero-order valence-corrected chi connectivity index (χ0v) is 9.59. The van der Waals surface area contributed by atoms with Gasteiger partial charge in [0.25, 0.3) is 6.43 Å². The zero-order valence-electron chi connectivity index (χ0n) is 8.01. The molecular formula is C9H10BrF2NO2. The van der Waals surface area contributed by atoms with E-state index in [1.165, 1.54) is 13.2 Å². The SMILES string of the molecule is COc1nc(CO)cc(CBr)c1C(F)F. The van der Waals surface area contributed by atoms with Crippen molar-refractivity contribution < 1.29 is 18.6 Å². The molecule has 1 rings (SSSR count). The molecule has 0 bridgehead atoms. The molecule has 1 aromatic rings. The van der Waals surface area contributed by atoms with E-state index in [0.717, 1.165) is 0 Å². The molecule has 0 aliphatic heterocycles. The van der Waals surface area contributed by atoms with Gasteiger partial charge >= 0.3 is 0 Å². The van der Waals surface area contributed by atoms with E-state index in [1.807, 2.05) is 0 Å². The molecule has 0 unspecified atom stereocenters. The van der Waals surface area contributed by atoms with Crippen LogP contribution in [0.3, 0.4) is 0 Å². The highest BCUT2D eigenvalue weighted by Gasteiger charge is 2.20. The lowest BCUT2D eigenvalue weighted by Crippen LogP contribution is -2.03. The van der Waals surface area contributed by atoms with Crippen molar-refractivity contribution in [2.45, 2.75) is 18.4 Å². The van der Waals surface area contributed by atoms with Crippen molar-refractivity contribution >= 4 is 15.9 Å². The summed E-state index contributed by atoms with van der Waals surface area (Å²) in [6, 6.07) is 1.43. The monoisotopic (exact) mass is 281 g/mol. The van der Waals surface area contributed by atoms with Crippen LogP contribution in [-0.2, 0) is 11.9 Å². The lowest BCUT2D eigenvalue weighted by atomic mass is 10.1. The summed E-state index contributed by atoms with van der Waals surface area (Å²) in [5.74, 6) is -0.133. The molecule has 0 spiro atoms. The molecule has 0 amide bonds. The molecule has 0 aromatic carbocycles. The Kier molecular flexibility index (Phi) is 4.41. The maximum absolute atomic E-state index is 12.7. The maximum atomic E-state index is 12.7. The van der Waals surface area contributed by atoms with E-state index >= 15 is 0 Å².